The Morgan fingerprint density at radius 3 is 2.34 bits per heavy atom. The summed E-state index contributed by atoms with van der Waals surface area (Å²) < 4.78 is 26.8. The summed E-state index contributed by atoms with van der Waals surface area (Å²) in [7, 11) is -3.63. The van der Waals surface area contributed by atoms with Crippen molar-refractivity contribution in [1.29, 1.82) is 0 Å². The molecule has 0 radical (unpaired) electrons. The first-order valence-corrected chi connectivity index (χ1v) is 12.2. The van der Waals surface area contributed by atoms with Crippen molar-refractivity contribution < 1.29 is 18.0 Å². The first-order chi connectivity index (χ1) is 15.4. The Hall–Kier alpha value is -3.28. The van der Waals surface area contributed by atoms with Crippen LogP contribution in [0.4, 0.5) is 16.2 Å². The van der Waals surface area contributed by atoms with E-state index >= 15 is 0 Å². The highest BCUT2D eigenvalue weighted by atomic mass is 32.2. The molecule has 1 fully saturated rings. The number of anilines is 2. The smallest absolute Gasteiger partial charge is 0.321 e. The van der Waals surface area contributed by atoms with Gasteiger partial charge in [-0.3, -0.25) is 9.78 Å². The van der Waals surface area contributed by atoms with E-state index in [9.17, 15) is 18.0 Å². The number of hydrogen-bond acceptors (Lipinski definition) is 6. The molecule has 1 aliphatic heterocycles. The molecule has 0 atom stereocenters. The number of thiophene rings is 1. The van der Waals surface area contributed by atoms with E-state index in [2.05, 4.69) is 15.6 Å². The van der Waals surface area contributed by atoms with Crippen molar-refractivity contribution in [2.75, 3.05) is 36.8 Å². The molecule has 0 saturated carbocycles. The van der Waals surface area contributed by atoms with Crippen molar-refractivity contribution in [2.45, 2.75) is 4.90 Å². The van der Waals surface area contributed by atoms with Gasteiger partial charge in [-0.15, -0.1) is 11.3 Å². The second kappa shape index (κ2) is 9.47. The van der Waals surface area contributed by atoms with Gasteiger partial charge in [0, 0.05) is 49.9 Å². The molecule has 2 aromatic heterocycles. The Labute approximate surface area is 189 Å². The zero-order valence-electron chi connectivity index (χ0n) is 17.0. The number of carbonyl (C=O) groups is 2. The molecule has 0 bridgehead atoms. The standard InChI is InChI=1S/C21H21N5O4S2/c27-20(19-7-3-13-31-19)23-16-4-1-5-17(14-16)24-21(28)25-9-11-26(12-10-25)32(29,30)18-6-2-8-22-15-18/h1-8,13-15H,9-12H2,(H,23,27)(H,24,28). The van der Waals surface area contributed by atoms with Crippen LogP contribution in [0, 0.1) is 0 Å². The van der Waals surface area contributed by atoms with Gasteiger partial charge in [-0.05, 0) is 41.8 Å². The lowest BCUT2D eigenvalue weighted by atomic mass is 10.2. The van der Waals surface area contributed by atoms with Gasteiger partial charge in [0.25, 0.3) is 5.91 Å². The maximum Gasteiger partial charge on any atom is 0.321 e. The highest BCUT2D eigenvalue weighted by Crippen LogP contribution is 2.20. The Morgan fingerprint density at radius 2 is 1.69 bits per heavy atom. The molecule has 0 spiro atoms. The Morgan fingerprint density at radius 1 is 0.938 bits per heavy atom. The van der Waals surface area contributed by atoms with Crippen LogP contribution in [0.5, 0.6) is 0 Å². The largest absolute Gasteiger partial charge is 0.322 e. The average molecular weight is 472 g/mol. The number of aromatic nitrogens is 1. The van der Waals surface area contributed by atoms with E-state index in [1.54, 1.807) is 47.4 Å². The van der Waals surface area contributed by atoms with Gasteiger partial charge in [-0.2, -0.15) is 4.31 Å². The van der Waals surface area contributed by atoms with E-state index < -0.39 is 10.0 Å². The topological polar surface area (TPSA) is 112 Å². The summed E-state index contributed by atoms with van der Waals surface area (Å²) in [6, 6.07) is 13.2. The Kier molecular flexibility index (Phi) is 6.49. The van der Waals surface area contributed by atoms with Crippen molar-refractivity contribution in [2.24, 2.45) is 0 Å². The molecule has 0 unspecified atom stereocenters. The fourth-order valence-electron chi connectivity index (χ4n) is 3.26. The molecule has 3 heterocycles. The molecule has 3 amide bonds. The molecule has 1 saturated heterocycles. The number of nitrogens with zero attached hydrogens (tertiary/aromatic N) is 3. The van der Waals surface area contributed by atoms with Crippen LogP contribution in [-0.2, 0) is 10.0 Å². The summed E-state index contributed by atoms with van der Waals surface area (Å²) in [4.78, 5) is 31.0. The molecule has 1 aliphatic rings. The minimum absolute atomic E-state index is 0.138. The number of amides is 3. The van der Waals surface area contributed by atoms with E-state index in [0.29, 0.717) is 16.3 Å². The van der Waals surface area contributed by atoms with Crippen LogP contribution >= 0.6 is 11.3 Å². The number of nitrogens with one attached hydrogen (secondary N) is 2. The normalized spacial score (nSPS) is 14.7. The van der Waals surface area contributed by atoms with E-state index in [1.165, 1.54) is 34.1 Å². The number of sulfonamides is 1. The Bertz CT molecular complexity index is 1190. The van der Waals surface area contributed by atoms with E-state index in [4.69, 9.17) is 0 Å². The number of hydrogen-bond donors (Lipinski definition) is 2. The van der Waals surface area contributed by atoms with Crippen LogP contribution in [-0.4, -0.2) is 60.7 Å². The predicted molar refractivity (Wildman–Crippen MR) is 122 cm³/mol. The van der Waals surface area contributed by atoms with Gasteiger partial charge in [0.2, 0.25) is 10.0 Å². The number of pyridine rings is 1. The first-order valence-electron chi connectivity index (χ1n) is 9.84. The summed E-state index contributed by atoms with van der Waals surface area (Å²) in [6.07, 6.45) is 2.84. The zero-order valence-corrected chi connectivity index (χ0v) is 18.6. The molecule has 2 N–H and O–H groups in total. The zero-order chi connectivity index (χ0) is 22.6. The van der Waals surface area contributed by atoms with Gasteiger partial charge >= 0.3 is 6.03 Å². The average Bonchev–Trinajstić information content (AvgIpc) is 3.35. The fraction of sp³-hybridized carbons (Fsp3) is 0.190. The third-order valence-corrected chi connectivity index (χ3v) is 7.67. The molecule has 166 valence electrons. The molecular weight excluding hydrogens is 450 g/mol. The van der Waals surface area contributed by atoms with Crippen molar-refractivity contribution in [1.82, 2.24) is 14.2 Å². The summed E-state index contributed by atoms with van der Waals surface area (Å²) in [6.45, 7) is 0.920. The monoisotopic (exact) mass is 471 g/mol. The molecular formula is C21H21N5O4S2. The van der Waals surface area contributed by atoms with Gasteiger partial charge in [-0.1, -0.05) is 12.1 Å². The summed E-state index contributed by atoms with van der Waals surface area (Å²) in [5, 5.41) is 7.44. The second-order valence-corrected chi connectivity index (χ2v) is 9.91. The first kappa shape index (κ1) is 21.9. The molecule has 4 rings (SSSR count). The van der Waals surface area contributed by atoms with Gasteiger partial charge in [0.05, 0.1) is 4.88 Å². The van der Waals surface area contributed by atoms with Gasteiger partial charge in [0.15, 0.2) is 0 Å². The maximum atomic E-state index is 12.7. The van der Waals surface area contributed by atoms with Gasteiger partial charge < -0.3 is 15.5 Å². The highest BCUT2D eigenvalue weighted by Gasteiger charge is 2.30. The summed E-state index contributed by atoms with van der Waals surface area (Å²) >= 11 is 1.35. The molecule has 1 aromatic carbocycles. The number of carbonyl (C=O) groups excluding carboxylic acids is 2. The second-order valence-electron chi connectivity index (χ2n) is 7.02. The Balaban J connectivity index is 1.34. The highest BCUT2D eigenvalue weighted by molar-refractivity contribution is 7.89. The quantitative estimate of drug-likeness (QED) is 0.594. The number of benzene rings is 1. The van der Waals surface area contributed by atoms with E-state index in [-0.39, 0.29) is 43.0 Å². The van der Waals surface area contributed by atoms with Crippen molar-refractivity contribution in [3.63, 3.8) is 0 Å². The summed E-state index contributed by atoms with van der Waals surface area (Å²) in [5.74, 6) is -0.213. The van der Waals surface area contributed by atoms with Crippen LogP contribution in [0.1, 0.15) is 9.67 Å². The molecule has 32 heavy (non-hydrogen) atoms. The van der Waals surface area contributed by atoms with Gasteiger partial charge in [-0.25, -0.2) is 13.2 Å². The maximum absolute atomic E-state index is 12.7. The summed E-state index contributed by atoms with van der Waals surface area (Å²) in [5.41, 5.74) is 1.10. The molecule has 0 aliphatic carbocycles. The van der Waals surface area contributed by atoms with Crippen LogP contribution in [0.15, 0.2) is 71.2 Å². The molecule has 9 nitrogen and oxygen atoms in total. The lowest BCUT2D eigenvalue weighted by molar-refractivity contribution is 0.103. The predicted octanol–water partition coefficient (Wildman–Crippen LogP) is 2.93. The third-order valence-electron chi connectivity index (χ3n) is 4.91. The van der Waals surface area contributed by atoms with Gasteiger partial charge in [0.1, 0.15) is 4.90 Å². The third kappa shape index (κ3) is 4.96. The van der Waals surface area contributed by atoms with Crippen LogP contribution in [0.2, 0.25) is 0 Å². The fourth-order valence-corrected chi connectivity index (χ4v) is 5.26. The van der Waals surface area contributed by atoms with Crippen LogP contribution in [0.3, 0.4) is 0 Å². The SMILES string of the molecule is O=C(Nc1cccc(NC(=O)N2CCN(S(=O)(=O)c3cccnc3)CC2)c1)c1cccs1. The van der Waals surface area contributed by atoms with Crippen LogP contribution < -0.4 is 10.6 Å². The number of piperazine rings is 1. The molecule has 3 aromatic rings. The molecule has 11 heteroatoms. The number of urea groups is 1. The lowest BCUT2D eigenvalue weighted by Gasteiger charge is -2.33. The van der Waals surface area contributed by atoms with E-state index in [1.807, 2.05) is 5.38 Å². The number of rotatable bonds is 5. The minimum atomic E-state index is -3.63. The van der Waals surface area contributed by atoms with Crippen molar-refractivity contribution >= 4 is 44.7 Å². The minimum Gasteiger partial charge on any atom is -0.322 e. The lowest BCUT2D eigenvalue weighted by Crippen LogP contribution is -2.51. The van der Waals surface area contributed by atoms with Crippen molar-refractivity contribution in [3.05, 3.63) is 71.2 Å². The van der Waals surface area contributed by atoms with Crippen molar-refractivity contribution in [3.8, 4) is 0 Å². The van der Waals surface area contributed by atoms with E-state index in [0.717, 1.165) is 0 Å². The van der Waals surface area contributed by atoms with Crippen LogP contribution in [0.25, 0.3) is 0 Å².